The zero-order valence-electron chi connectivity index (χ0n) is 12.4. The van der Waals surface area contributed by atoms with E-state index >= 15 is 0 Å². The van der Waals surface area contributed by atoms with Crippen molar-refractivity contribution in [1.82, 2.24) is 14.9 Å². The second-order valence-electron chi connectivity index (χ2n) is 5.10. The molecule has 0 aliphatic carbocycles. The van der Waals surface area contributed by atoms with E-state index in [2.05, 4.69) is 27.1 Å². The highest BCUT2D eigenvalue weighted by molar-refractivity contribution is 7.97. The number of benzene rings is 1. The second-order valence-corrected chi connectivity index (χ2v) is 6.27. The molecular formula is C15H23N3O2S. The normalized spacial score (nSPS) is 14.8. The van der Waals surface area contributed by atoms with Gasteiger partial charge in [-0.1, -0.05) is 0 Å². The third-order valence-electron chi connectivity index (χ3n) is 3.43. The van der Waals surface area contributed by atoms with E-state index in [-0.39, 0.29) is 0 Å². The van der Waals surface area contributed by atoms with E-state index in [1.165, 1.54) is 4.90 Å². The number of ether oxygens (including phenoxy) is 1. The fourth-order valence-corrected chi connectivity index (χ4v) is 3.20. The first-order valence-corrected chi connectivity index (χ1v) is 8.04. The summed E-state index contributed by atoms with van der Waals surface area (Å²) in [6, 6.07) is 8.14. The molecule has 1 heterocycles. The topological polar surface area (TPSA) is 53.6 Å². The first-order valence-electron chi connectivity index (χ1n) is 7.26. The van der Waals surface area contributed by atoms with E-state index in [0.29, 0.717) is 0 Å². The predicted molar refractivity (Wildman–Crippen MR) is 85.5 cm³/mol. The van der Waals surface area contributed by atoms with Crippen molar-refractivity contribution in [2.45, 2.75) is 11.3 Å². The van der Waals surface area contributed by atoms with Gasteiger partial charge in [-0.3, -0.25) is 4.79 Å². The molecule has 6 heteroatoms. The molecule has 1 fully saturated rings. The molecule has 0 unspecified atom stereocenters. The fourth-order valence-electron chi connectivity index (χ4n) is 2.14. The lowest BCUT2D eigenvalue weighted by Gasteiger charge is -2.32. The van der Waals surface area contributed by atoms with Crippen molar-refractivity contribution < 1.29 is 9.53 Å². The standard InChI is InChI=1S/C15H23N3O2S/c1-20-14-3-5-15(6-4-14)21-18(8-2-7-16-12-19)11-13-9-17-10-13/h3-6,12-13,17H,2,7-11H2,1H3,(H,16,19). The molecule has 2 rings (SSSR count). The van der Waals surface area contributed by atoms with Crippen molar-refractivity contribution in [3.63, 3.8) is 0 Å². The van der Waals surface area contributed by atoms with Crippen LogP contribution in [0.2, 0.25) is 0 Å². The lowest BCUT2D eigenvalue weighted by atomic mass is 10.0. The van der Waals surface area contributed by atoms with Crippen molar-refractivity contribution in [3.8, 4) is 5.75 Å². The number of amides is 1. The van der Waals surface area contributed by atoms with Crippen molar-refractivity contribution in [2.24, 2.45) is 5.92 Å². The van der Waals surface area contributed by atoms with Crippen molar-refractivity contribution in [1.29, 1.82) is 0 Å². The van der Waals surface area contributed by atoms with Crippen LogP contribution in [-0.4, -0.2) is 50.5 Å². The van der Waals surface area contributed by atoms with Gasteiger partial charge in [-0.25, -0.2) is 4.31 Å². The van der Waals surface area contributed by atoms with Gasteiger partial charge in [-0.15, -0.1) is 0 Å². The van der Waals surface area contributed by atoms with Crippen LogP contribution in [0.15, 0.2) is 29.2 Å². The molecule has 0 atom stereocenters. The summed E-state index contributed by atoms with van der Waals surface area (Å²) in [7, 11) is 1.68. The zero-order chi connectivity index (χ0) is 14.9. The van der Waals surface area contributed by atoms with Crippen molar-refractivity contribution in [3.05, 3.63) is 24.3 Å². The summed E-state index contributed by atoms with van der Waals surface area (Å²) in [4.78, 5) is 11.5. The highest BCUT2D eigenvalue weighted by Crippen LogP contribution is 2.26. The third kappa shape index (κ3) is 5.57. The molecule has 1 amide bonds. The molecule has 1 aromatic rings. The summed E-state index contributed by atoms with van der Waals surface area (Å²) in [6.45, 7) is 4.98. The fraction of sp³-hybridized carbons (Fsp3) is 0.533. The SMILES string of the molecule is COc1ccc(SN(CCCNC=O)CC2CNC2)cc1. The molecule has 0 saturated carbocycles. The Bertz CT molecular complexity index is 423. The second kappa shape index (κ2) is 8.92. The van der Waals surface area contributed by atoms with Gasteiger partial charge in [0, 0.05) is 37.6 Å². The van der Waals surface area contributed by atoms with Gasteiger partial charge in [0.2, 0.25) is 6.41 Å². The minimum Gasteiger partial charge on any atom is -0.497 e. The molecule has 0 spiro atoms. The highest BCUT2D eigenvalue weighted by atomic mass is 32.2. The van der Waals surface area contributed by atoms with Crippen LogP contribution < -0.4 is 15.4 Å². The Morgan fingerprint density at radius 3 is 2.76 bits per heavy atom. The minimum absolute atomic E-state index is 0.728. The third-order valence-corrected chi connectivity index (χ3v) is 4.51. The largest absolute Gasteiger partial charge is 0.497 e. The molecule has 0 bridgehead atoms. The molecule has 5 nitrogen and oxygen atoms in total. The Balaban J connectivity index is 1.84. The summed E-state index contributed by atoms with van der Waals surface area (Å²) < 4.78 is 7.57. The summed E-state index contributed by atoms with van der Waals surface area (Å²) in [5, 5.41) is 6.03. The zero-order valence-corrected chi connectivity index (χ0v) is 13.2. The monoisotopic (exact) mass is 309 g/mol. The highest BCUT2D eigenvalue weighted by Gasteiger charge is 2.20. The molecule has 0 radical (unpaired) electrons. The Kier molecular flexibility index (Phi) is 6.85. The van der Waals surface area contributed by atoms with E-state index in [0.717, 1.165) is 57.2 Å². The maximum atomic E-state index is 10.3. The van der Waals surface area contributed by atoms with Crippen LogP contribution >= 0.6 is 11.9 Å². The van der Waals surface area contributed by atoms with E-state index in [4.69, 9.17) is 4.74 Å². The first kappa shape index (κ1) is 16.1. The van der Waals surface area contributed by atoms with Gasteiger partial charge in [0.05, 0.1) is 7.11 Å². The van der Waals surface area contributed by atoms with Crippen LogP contribution in [0.5, 0.6) is 5.75 Å². The Labute approximate surface area is 130 Å². The minimum atomic E-state index is 0.728. The number of nitrogens with zero attached hydrogens (tertiary/aromatic N) is 1. The summed E-state index contributed by atoms with van der Waals surface area (Å²) in [5.41, 5.74) is 0. The van der Waals surface area contributed by atoms with Gasteiger partial charge >= 0.3 is 0 Å². The summed E-state index contributed by atoms with van der Waals surface area (Å²) >= 11 is 1.78. The molecule has 1 aliphatic heterocycles. The number of rotatable bonds is 10. The smallest absolute Gasteiger partial charge is 0.207 e. The maximum Gasteiger partial charge on any atom is 0.207 e. The van der Waals surface area contributed by atoms with Crippen molar-refractivity contribution in [2.75, 3.05) is 39.8 Å². The summed E-state index contributed by atoms with van der Waals surface area (Å²) in [5.74, 6) is 1.61. The number of nitrogens with one attached hydrogen (secondary N) is 2. The average Bonchev–Trinajstić information content (AvgIpc) is 2.47. The summed E-state index contributed by atoms with van der Waals surface area (Å²) in [6.07, 6.45) is 1.72. The molecular weight excluding hydrogens is 286 g/mol. The number of hydrogen-bond donors (Lipinski definition) is 2. The van der Waals surface area contributed by atoms with Crippen molar-refractivity contribution >= 4 is 18.4 Å². The molecule has 1 saturated heterocycles. The molecule has 0 aromatic heterocycles. The van der Waals surface area contributed by atoms with E-state index < -0.39 is 0 Å². The Morgan fingerprint density at radius 1 is 1.43 bits per heavy atom. The van der Waals surface area contributed by atoms with Crippen LogP contribution in [0.3, 0.4) is 0 Å². The molecule has 1 aromatic carbocycles. The van der Waals surface area contributed by atoms with E-state index in [1.54, 1.807) is 19.1 Å². The van der Waals surface area contributed by atoms with Crippen LogP contribution in [-0.2, 0) is 4.79 Å². The number of methoxy groups -OCH3 is 1. The number of hydrogen-bond acceptors (Lipinski definition) is 5. The maximum absolute atomic E-state index is 10.3. The van der Waals surface area contributed by atoms with E-state index in [1.807, 2.05) is 12.1 Å². The van der Waals surface area contributed by atoms with Crippen LogP contribution in [0, 0.1) is 5.92 Å². The Hall–Kier alpha value is -1.24. The molecule has 21 heavy (non-hydrogen) atoms. The Morgan fingerprint density at radius 2 is 2.19 bits per heavy atom. The van der Waals surface area contributed by atoms with Crippen LogP contribution in [0.25, 0.3) is 0 Å². The van der Waals surface area contributed by atoms with Gasteiger partial charge in [-0.05, 0) is 48.6 Å². The predicted octanol–water partition coefficient (Wildman–Crippen LogP) is 1.36. The van der Waals surface area contributed by atoms with Crippen LogP contribution in [0.4, 0.5) is 0 Å². The van der Waals surface area contributed by atoms with E-state index in [9.17, 15) is 4.79 Å². The average molecular weight is 309 g/mol. The molecule has 2 N–H and O–H groups in total. The van der Waals surface area contributed by atoms with Gasteiger partial charge < -0.3 is 15.4 Å². The van der Waals surface area contributed by atoms with Gasteiger partial charge in [0.1, 0.15) is 5.75 Å². The number of carbonyl (C=O) groups is 1. The van der Waals surface area contributed by atoms with Crippen LogP contribution in [0.1, 0.15) is 6.42 Å². The molecule has 1 aliphatic rings. The quantitative estimate of drug-likeness (QED) is 0.388. The van der Waals surface area contributed by atoms with Gasteiger partial charge in [-0.2, -0.15) is 0 Å². The van der Waals surface area contributed by atoms with Gasteiger partial charge in [0.15, 0.2) is 0 Å². The number of carbonyl (C=O) groups excluding carboxylic acids is 1. The first-order chi connectivity index (χ1) is 10.3. The van der Waals surface area contributed by atoms with Gasteiger partial charge in [0.25, 0.3) is 0 Å². The lowest BCUT2D eigenvalue weighted by Crippen LogP contribution is -2.47. The molecule has 116 valence electrons. The lowest BCUT2D eigenvalue weighted by molar-refractivity contribution is -0.109.